The van der Waals surface area contributed by atoms with Crippen molar-refractivity contribution in [1.82, 2.24) is 0 Å². The first kappa shape index (κ1) is 12.1. The molecule has 16 heavy (non-hydrogen) atoms. The highest BCUT2D eigenvalue weighted by Gasteiger charge is 2.14. The molecule has 1 nitrogen and oxygen atoms in total. The molecule has 88 valence electrons. The van der Waals surface area contributed by atoms with E-state index in [1.165, 1.54) is 32.1 Å². The Bertz CT molecular complexity index is 370. The zero-order valence-electron chi connectivity index (χ0n) is 9.52. The van der Waals surface area contributed by atoms with Gasteiger partial charge in [0, 0.05) is 11.1 Å². The first-order chi connectivity index (χ1) is 7.66. The van der Waals surface area contributed by atoms with E-state index in [1.54, 1.807) is 0 Å². The molecule has 0 aliphatic heterocycles. The summed E-state index contributed by atoms with van der Waals surface area (Å²) in [6.07, 6.45) is 6.47. The lowest BCUT2D eigenvalue weighted by Gasteiger charge is -2.24. The lowest BCUT2D eigenvalue weighted by atomic mass is 9.95. The standard InChI is InChI=1S/C13H17Cl2N/c1-9-7-12(15)13(8-11(9)14)16-10-5-3-2-4-6-10/h7-8,10,16H,2-6H2,1H3. The van der Waals surface area contributed by atoms with Crippen LogP contribution < -0.4 is 5.32 Å². The molecule has 0 unspecified atom stereocenters. The molecule has 1 aromatic rings. The van der Waals surface area contributed by atoms with Crippen molar-refractivity contribution < 1.29 is 0 Å². The van der Waals surface area contributed by atoms with Crippen molar-refractivity contribution in [3.05, 3.63) is 27.7 Å². The van der Waals surface area contributed by atoms with Crippen molar-refractivity contribution >= 4 is 28.9 Å². The monoisotopic (exact) mass is 257 g/mol. The predicted octanol–water partition coefficient (Wildman–Crippen LogP) is 5.05. The van der Waals surface area contributed by atoms with Crippen LogP contribution in [0.15, 0.2) is 12.1 Å². The van der Waals surface area contributed by atoms with Crippen LogP contribution in [-0.2, 0) is 0 Å². The summed E-state index contributed by atoms with van der Waals surface area (Å²) in [4.78, 5) is 0. The molecule has 0 atom stereocenters. The SMILES string of the molecule is Cc1cc(Cl)c(NC2CCCCC2)cc1Cl. The molecule has 3 heteroatoms. The molecule has 0 amide bonds. The molecule has 1 aliphatic rings. The van der Waals surface area contributed by atoms with Gasteiger partial charge in [-0.2, -0.15) is 0 Å². The fraction of sp³-hybridized carbons (Fsp3) is 0.538. The average molecular weight is 258 g/mol. The molecular weight excluding hydrogens is 241 g/mol. The summed E-state index contributed by atoms with van der Waals surface area (Å²) in [5.74, 6) is 0. The molecule has 1 aromatic carbocycles. The summed E-state index contributed by atoms with van der Waals surface area (Å²) in [6.45, 7) is 1.97. The first-order valence-corrected chi connectivity index (χ1v) is 6.64. The topological polar surface area (TPSA) is 12.0 Å². The number of halogens is 2. The van der Waals surface area contributed by atoms with E-state index in [2.05, 4.69) is 5.32 Å². The molecule has 2 rings (SSSR count). The molecular formula is C13H17Cl2N. The number of benzene rings is 1. The van der Waals surface area contributed by atoms with Crippen molar-refractivity contribution in [2.24, 2.45) is 0 Å². The van der Waals surface area contributed by atoms with Gasteiger partial charge in [0.15, 0.2) is 0 Å². The zero-order chi connectivity index (χ0) is 11.5. The quantitative estimate of drug-likeness (QED) is 0.783. The van der Waals surface area contributed by atoms with Gasteiger partial charge in [0.05, 0.1) is 10.7 Å². The molecule has 1 N–H and O–H groups in total. The van der Waals surface area contributed by atoms with Gasteiger partial charge in [-0.3, -0.25) is 0 Å². The highest BCUT2D eigenvalue weighted by atomic mass is 35.5. The summed E-state index contributed by atoms with van der Waals surface area (Å²) >= 11 is 12.3. The Balaban J connectivity index is 2.11. The van der Waals surface area contributed by atoms with E-state index in [9.17, 15) is 0 Å². The molecule has 1 aliphatic carbocycles. The van der Waals surface area contributed by atoms with Gasteiger partial charge in [-0.25, -0.2) is 0 Å². The van der Waals surface area contributed by atoms with Crippen molar-refractivity contribution in [2.75, 3.05) is 5.32 Å². The van der Waals surface area contributed by atoms with Crippen molar-refractivity contribution in [3.63, 3.8) is 0 Å². The van der Waals surface area contributed by atoms with Gasteiger partial charge < -0.3 is 5.32 Å². The molecule has 0 radical (unpaired) electrons. The molecule has 0 spiro atoms. The van der Waals surface area contributed by atoms with E-state index in [1.807, 2.05) is 19.1 Å². The fourth-order valence-electron chi connectivity index (χ4n) is 2.22. The Labute approximate surface area is 107 Å². The number of hydrogen-bond acceptors (Lipinski definition) is 1. The van der Waals surface area contributed by atoms with E-state index in [-0.39, 0.29) is 0 Å². The largest absolute Gasteiger partial charge is 0.381 e. The first-order valence-electron chi connectivity index (χ1n) is 5.89. The van der Waals surface area contributed by atoms with Gasteiger partial charge in [-0.1, -0.05) is 42.5 Å². The Morgan fingerprint density at radius 3 is 2.44 bits per heavy atom. The molecule has 0 aromatic heterocycles. The van der Waals surface area contributed by atoms with Crippen LogP contribution in [0.5, 0.6) is 0 Å². The minimum atomic E-state index is 0.560. The highest BCUT2D eigenvalue weighted by molar-refractivity contribution is 6.35. The number of rotatable bonds is 2. The maximum Gasteiger partial charge on any atom is 0.0641 e. The maximum absolute atomic E-state index is 6.20. The molecule has 1 fully saturated rings. The predicted molar refractivity (Wildman–Crippen MR) is 71.7 cm³/mol. The second-order valence-electron chi connectivity index (χ2n) is 4.56. The Morgan fingerprint density at radius 2 is 1.75 bits per heavy atom. The van der Waals surface area contributed by atoms with Gasteiger partial charge in [0.1, 0.15) is 0 Å². The third-order valence-corrected chi connectivity index (χ3v) is 3.93. The fourth-order valence-corrected chi connectivity index (χ4v) is 2.66. The number of anilines is 1. The van der Waals surface area contributed by atoms with Crippen LogP contribution in [0.25, 0.3) is 0 Å². The number of aryl methyl sites for hydroxylation is 1. The van der Waals surface area contributed by atoms with Crippen LogP contribution in [0.2, 0.25) is 10.0 Å². The molecule has 0 saturated heterocycles. The van der Waals surface area contributed by atoms with Crippen molar-refractivity contribution in [2.45, 2.75) is 45.1 Å². The lowest BCUT2D eigenvalue weighted by molar-refractivity contribution is 0.463. The Hall–Kier alpha value is -0.400. The molecule has 1 saturated carbocycles. The average Bonchev–Trinajstić information content (AvgIpc) is 2.27. The van der Waals surface area contributed by atoms with Crippen LogP contribution in [-0.4, -0.2) is 6.04 Å². The van der Waals surface area contributed by atoms with Gasteiger partial charge in [-0.15, -0.1) is 0 Å². The van der Waals surface area contributed by atoms with E-state index in [4.69, 9.17) is 23.2 Å². The van der Waals surface area contributed by atoms with Gasteiger partial charge in [0.2, 0.25) is 0 Å². The van der Waals surface area contributed by atoms with E-state index in [0.717, 1.165) is 21.3 Å². The van der Waals surface area contributed by atoms with Crippen LogP contribution in [0.4, 0.5) is 5.69 Å². The molecule has 0 heterocycles. The Morgan fingerprint density at radius 1 is 1.06 bits per heavy atom. The zero-order valence-corrected chi connectivity index (χ0v) is 11.0. The number of nitrogens with one attached hydrogen (secondary N) is 1. The molecule has 0 bridgehead atoms. The van der Waals surface area contributed by atoms with E-state index >= 15 is 0 Å². The third kappa shape index (κ3) is 2.83. The summed E-state index contributed by atoms with van der Waals surface area (Å²) in [7, 11) is 0. The van der Waals surface area contributed by atoms with Gasteiger partial charge in [0.25, 0.3) is 0 Å². The van der Waals surface area contributed by atoms with Crippen LogP contribution in [0, 0.1) is 6.92 Å². The smallest absolute Gasteiger partial charge is 0.0641 e. The van der Waals surface area contributed by atoms with E-state index in [0.29, 0.717) is 6.04 Å². The van der Waals surface area contributed by atoms with Crippen molar-refractivity contribution in [1.29, 1.82) is 0 Å². The van der Waals surface area contributed by atoms with Crippen LogP contribution >= 0.6 is 23.2 Å². The lowest BCUT2D eigenvalue weighted by Crippen LogP contribution is -2.22. The summed E-state index contributed by atoms with van der Waals surface area (Å²) < 4.78 is 0. The normalized spacial score (nSPS) is 17.4. The van der Waals surface area contributed by atoms with E-state index < -0.39 is 0 Å². The minimum Gasteiger partial charge on any atom is -0.381 e. The summed E-state index contributed by atoms with van der Waals surface area (Å²) in [6, 6.07) is 4.42. The van der Waals surface area contributed by atoms with Crippen LogP contribution in [0.1, 0.15) is 37.7 Å². The van der Waals surface area contributed by atoms with Crippen LogP contribution in [0.3, 0.4) is 0 Å². The summed E-state index contributed by atoms with van der Waals surface area (Å²) in [5.41, 5.74) is 2.00. The highest BCUT2D eigenvalue weighted by Crippen LogP contribution is 2.31. The van der Waals surface area contributed by atoms with Gasteiger partial charge in [-0.05, 0) is 37.5 Å². The second kappa shape index (κ2) is 5.29. The van der Waals surface area contributed by atoms with Crippen molar-refractivity contribution in [3.8, 4) is 0 Å². The second-order valence-corrected chi connectivity index (χ2v) is 5.37. The Kier molecular flexibility index (Phi) is 3.99. The summed E-state index contributed by atoms with van der Waals surface area (Å²) in [5, 5.41) is 5.05. The van der Waals surface area contributed by atoms with Gasteiger partial charge >= 0.3 is 0 Å². The third-order valence-electron chi connectivity index (χ3n) is 3.21. The number of hydrogen-bond donors (Lipinski definition) is 1. The minimum absolute atomic E-state index is 0.560. The maximum atomic E-state index is 6.20.